The van der Waals surface area contributed by atoms with Crippen molar-refractivity contribution in [3.63, 3.8) is 0 Å². The van der Waals surface area contributed by atoms with Crippen molar-refractivity contribution in [2.75, 3.05) is 0 Å². The minimum absolute atomic E-state index is 0.204. The largest absolute Gasteiger partial charge is 0.450 e. The van der Waals surface area contributed by atoms with Gasteiger partial charge < -0.3 is 9.26 Å². The van der Waals surface area contributed by atoms with E-state index in [1.807, 2.05) is 0 Å². The molecule has 0 fully saturated rings. The van der Waals surface area contributed by atoms with Gasteiger partial charge in [0, 0.05) is 11.6 Å². The number of benzene rings is 2. The molecule has 0 saturated carbocycles. The van der Waals surface area contributed by atoms with Crippen molar-refractivity contribution in [3.8, 4) is 22.9 Å². The van der Waals surface area contributed by atoms with Crippen LogP contribution in [0.2, 0.25) is 0 Å². The number of nitrogens with zero attached hydrogens (tertiary/aromatic N) is 3. The first-order valence-electron chi connectivity index (χ1n) is 6.75. The molecule has 0 spiro atoms. The number of nitro groups is 1. The average Bonchev–Trinajstić information content (AvgIpc) is 3.09. The van der Waals surface area contributed by atoms with Crippen LogP contribution < -0.4 is 4.74 Å². The standard InChI is InChI=1S/C15H8F3N3O4/c16-15(17,18)10-3-6-13(12(7-10)21(22)23)25-11-4-1-9(2-5-11)14-19-8-24-20-14/h1-8H. The summed E-state index contributed by atoms with van der Waals surface area (Å²) in [7, 11) is 0. The Morgan fingerprint density at radius 1 is 1.12 bits per heavy atom. The van der Waals surface area contributed by atoms with Crippen molar-refractivity contribution in [2.45, 2.75) is 6.18 Å². The van der Waals surface area contributed by atoms with E-state index in [2.05, 4.69) is 14.7 Å². The maximum absolute atomic E-state index is 12.7. The van der Waals surface area contributed by atoms with Crippen LogP contribution in [0.3, 0.4) is 0 Å². The molecule has 0 saturated heterocycles. The average molecular weight is 351 g/mol. The fourth-order valence-electron chi connectivity index (χ4n) is 2.02. The predicted octanol–water partition coefficient (Wildman–Crippen LogP) is 4.46. The van der Waals surface area contributed by atoms with Crippen molar-refractivity contribution in [3.05, 3.63) is 64.5 Å². The van der Waals surface area contributed by atoms with Gasteiger partial charge in [0.1, 0.15) is 5.75 Å². The molecule has 3 aromatic rings. The normalized spacial score (nSPS) is 11.3. The molecule has 0 aliphatic rings. The summed E-state index contributed by atoms with van der Waals surface area (Å²) in [6.45, 7) is 0. The first-order valence-corrected chi connectivity index (χ1v) is 6.75. The number of halogens is 3. The fourth-order valence-corrected chi connectivity index (χ4v) is 2.02. The number of rotatable bonds is 4. The molecule has 2 aromatic carbocycles. The summed E-state index contributed by atoms with van der Waals surface area (Å²) in [6.07, 6.45) is -3.53. The van der Waals surface area contributed by atoms with E-state index < -0.39 is 22.4 Å². The molecule has 3 rings (SSSR count). The first kappa shape index (κ1) is 16.4. The molecular formula is C15H8F3N3O4. The van der Waals surface area contributed by atoms with Crippen molar-refractivity contribution < 1.29 is 27.4 Å². The van der Waals surface area contributed by atoms with Gasteiger partial charge in [-0.15, -0.1) is 0 Å². The lowest BCUT2D eigenvalue weighted by Crippen LogP contribution is -2.06. The minimum Gasteiger partial charge on any atom is -0.450 e. The summed E-state index contributed by atoms with van der Waals surface area (Å²) in [5, 5.41) is 14.7. The van der Waals surface area contributed by atoms with Crippen LogP contribution >= 0.6 is 0 Å². The minimum atomic E-state index is -4.68. The topological polar surface area (TPSA) is 91.3 Å². The lowest BCUT2D eigenvalue weighted by atomic mass is 10.1. The first-order chi connectivity index (χ1) is 11.8. The van der Waals surface area contributed by atoms with Crippen molar-refractivity contribution in [1.29, 1.82) is 0 Å². The van der Waals surface area contributed by atoms with Crippen LogP contribution in [-0.2, 0) is 6.18 Å². The summed E-state index contributed by atoms with van der Waals surface area (Å²) >= 11 is 0. The summed E-state index contributed by atoms with van der Waals surface area (Å²) < 4.78 is 48.0. The Kier molecular flexibility index (Phi) is 4.09. The second kappa shape index (κ2) is 6.23. The third kappa shape index (κ3) is 3.57. The highest BCUT2D eigenvalue weighted by Gasteiger charge is 2.33. The number of hydrogen-bond donors (Lipinski definition) is 0. The molecule has 1 aromatic heterocycles. The van der Waals surface area contributed by atoms with Gasteiger partial charge in [0.05, 0.1) is 10.5 Å². The van der Waals surface area contributed by atoms with Crippen LogP contribution in [0, 0.1) is 10.1 Å². The Morgan fingerprint density at radius 2 is 1.84 bits per heavy atom. The van der Waals surface area contributed by atoms with E-state index in [1.54, 1.807) is 12.1 Å². The molecule has 1 heterocycles. The maximum Gasteiger partial charge on any atom is 0.416 e. The Bertz CT molecular complexity index is 893. The van der Waals surface area contributed by atoms with E-state index in [-0.39, 0.29) is 11.5 Å². The van der Waals surface area contributed by atoms with Gasteiger partial charge in [-0.1, -0.05) is 5.16 Å². The highest BCUT2D eigenvalue weighted by molar-refractivity contribution is 5.56. The van der Waals surface area contributed by atoms with E-state index in [1.165, 1.54) is 12.1 Å². The zero-order chi connectivity index (χ0) is 18.0. The zero-order valence-electron chi connectivity index (χ0n) is 12.2. The van der Waals surface area contributed by atoms with E-state index in [4.69, 9.17) is 4.74 Å². The number of hydrogen-bond acceptors (Lipinski definition) is 6. The molecule has 7 nitrogen and oxygen atoms in total. The van der Waals surface area contributed by atoms with Gasteiger partial charge in [0.2, 0.25) is 18.0 Å². The third-order valence-electron chi connectivity index (χ3n) is 3.18. The maximum atomic E-state index is 12.7. The number of aromatic nitrogens is 2. The molecule has 0 aliphatic carbocycles. The lowest BCUT2D eigenvalue weighted by Gasteiger charge is -2.10. The Morgan fingerprint density at radius 3 is 2.40 bits per heavy atom. The lowest BCUT2D eigenvalue weighted by molar-refractivity contribution is -0.385. The van der Waals surface area contributed by atoms with E-state index in [9.17, 15) is 23.3 Å². The van der Waals surface area contributed by atoms with Crippen LogP contribution in [0.5, 0.6) is 11.5 Å². The highest BCUT2D eigenvalue weighted by Crippen LogP contribution is 2.38. The van der Waals surface area contributed by atoms with Gasteiger partial charge in [-0.3, -0.25) is 10.1 Å². The Hall–Kier alpha value is -3.43. The summed E-state index contributed by atoms with van der Waals surface area (Å²) in [5.74, 6) is 0.243. The van der Waals surface area contributed by atoms with E-state index >= 15 is 0 Å². The summed E-state index contributed by atoms with van der Waals surface area (Å²) in [5.41, 5.74) is -1.29. The zero-order valence-corrected chi connectivity index (χ0v) is 12.2. The molecule has 25 heavy (non-hydrogen) atoms. The van der Waals surface area contributed by atoms with E-state index in [0.29, 0.717) is 17.5 Å². The smallest absolute Gasteiger partial charge is 0.416 e. The highest BCUT2D eigenvalue weighted by atomic mass is 19.4. The molecule has 128 valence electrons. The van der Waals surface area contributed by atoms with Gasteiger partial charge >= 0.3 is 11.9 Å². The van der Waals surface area contributed by atoms with Gasteiger partial charge in [-0.2, -0.15) is 18.2 Å². The van der Waals surface area contributed by atoms with E-state index in [0.717, 1.165) is 18.5 Å². The van der Waals surface area contributed by atoms with Crippen molar-refractivity contribution in [2.24, 2.45) is 0 Å². The van der Waals surface area contributed by atoms with Gasteiger partial charge in [-0.05, 0) is 36.4 Å². The van der Waals surface area contributed by atoms with Crippen LogP contribution in [0.25, 0.3) is 11.4 Å². The van der Waals surface area contributed by atoms with Crippen LogP contribution in [-0.4, -0.2) is 15.1 Å². The van der Waals surface area contributed by atoms with Crippen molar-refractivity contribution in [1.82, 2.24) is 10.1 Å². The Labute approximate surface area is 137 Å². The second-order valence-corrected chi connectivity index (χ2v) is 4.82. The third-order valence-corrected chi connectivity index (χ3v) is 3.18. The van der Waals surface area contributed by atoms with Crippen LogP contribution in [0.15, 0.2) is 53.4 Å². The molecule has 0 N–H and O–H groups in total. The molecular weight excluding hydrogens is 343 g/mol. The molecule has 0 unspecified atom stereocenters. The van der Waals surface area contributed by atoms with Crippen LogP contribution in [0.4, 0.5) is 18.9 Å². The summed E-state index contributed by atoms with van der Waals surface area (Å²) in [6, 6.07) is 8.18. The molecule has 0 bridgehead atoms. The molecule has 10 heteroatoms. The number of alkyl halides is 3. The Balaban J connectivity index is 1.88. The quantitative estimate of drug-likeness (QED) is 0.509. The van der Waals surface area contributed by atoms with Crippen LogP contribution in [0.1, 0.15) is 5.56 Å². The van der Waals surface area contributed by atoms with Gasteiger partial charge in [0.15, 0.2) is 0 Å². The number of nitro benzene ring substituents is 1. The second-order valence-electron chi connectivity index (χ2n) is 4.82. The predicted molar refractivity (Wildman–Crippen MR) is 77.9 cm³/mol. The molecule has 0 atom stereocenters. The SMILES string of the molecule is O=[N+]([O-])c1cc(C(F)(F)F)ccc1Oc1ccc(-c2ncon2)cc1. The number of ether oxygens (including phenoxy) is 1. The fraction of sp³-hybridized carbons (Fsp3) is 0.0667. The summed E-state index contributed by atoms with van der Waals surface area (Å²) in [4.78, 5) is 14.0. The molecule has 0 aliphatic heterocycles. The molecule has 0 amide bonds. The van der Waals surface area contributed by atoms with Gasteiger partial charge in [-0.25, -0.2) is 0 Å². The molecule has 0 radical (unpaired) electrons. The van der Waals surface area contributed by atoms with Gasteiger partial charge in [0.25, 0.3) is 0 Å². The van der Waals surface area contributed by atoms with Crippen molar-refractivity contribution >= 4 is 5.69 Å². The monoisotopic (exact) mass is 351 g/mol.